The number of halogens is 1. The molecule has 2 N–H and O–H groups in total. The third kappa shape index (κ3) is 1.51. The first kappa shape index (κ1) is 8.18. The zero-order chi connectivity index (χ0) is 8.55. The lowest BCUT2D eigenvalue weighted by atomic mass is 10.1. The second-order valence-electron chi connectivity index (χ2n) is 2.87. The Morgan fingerprint density at radius 3 is 2.50 bits per heavy atom. The lowest BCUT2D eigenvalue weighted by molar-refractivity contribution is 0.508. The van der Waals surface area contributed by atoms with Crippen molar-refractivity contribution in [3.63, 3.8) is 0 Å². The van der Waals surface area contributed by atoms with Crippen molar-refractivity contribution in [2.45, 2.75) is 6.04 Å². The molecule has 1 aromatic heterocycles. The Morgan fingerprint density at radius 2 is 2.00 bits per heavy atom. The number of hydrogen-bond acceptors (Lipinski definition) is 4. The van der Waals surface area contributed by atoms with Crippen LogP contribution in [0.5, 0.6) is 0 Å². The van der Waals surface area contributed by atoms with E-state index in [1.165, 1.54) is 0 Å². The van der Waals surface area contributed by atoms with Gasteiger partial charge in [-0.25, -0.2) is 9.97 Å². The Balaban J connectivity index is 2.09. The van der Waals surface area contributed by atoms with Crippen molar-refractivity contribution in [3.8, 4) is 0 Å². The summed E-state index contributed by atoms with van der Waals surface area (Å²) in [6, 6.07) is 0.299. The van der Waals surface area contributed by atoms with Gasteiger partial charge >= 0.3 is 0 Å². The zero-order valence-corrected chi connectivity index (χ0v) is 8.60. The summed E-state index contributed by atoms with van der Waals surface area (Å²) < 4.78 is 1.06. The molecular formula is C7H9IN4. The highest BCUT2D eigenvalue weighted by Gasteiger charge is 2.24. The third-order valence-electron chi connectivity index (χ3n) is 1.80. The van der Waals surface area contributed by atoms with Gasteiger partial charge in [0.05, 0.1) is 0 Å². The fraction of sp³-hybridized carbons (Fsp3) is 0.429. The van der Waals surface area contributed by atoms with E-state index in [0.717, 1.165) is 22.6 Å². The molecule has 4 nitrogen and oxygen atoms in total. The molecule has 0 bridgehead atoms. The molecule has 12 heavy (non-hydrogen) atoms. The highest BCUT2D eigenvalue weighted by atomic mass is 127. The van der Waals surface area contributed by atoms with E-state index in [1.807, 2.05) is 12.4 Å². The first-order valence-corrected chi connectivity index (χ1v) is 4.81. The molecule has 5 heteroatoms. The van der Waals surface area contributed by atoms with Crippen molar-refractivity contribution < 1.29 is 0 Å². The lowest BCUT2D eigenvalue weighted by Crippen LogP contribution is -2.56. The molecule has 0 radical (unpaired) electrons. The third-order valence-corrected chi connectivity index (χ3v) is 2.36. The summed E-state index contributed by atoms with van der Waals surface area (Å²) in [6.45, 7) is 1.75. The largest absolute Gasteiger partial charge is 0.338 e. The number of hydrogen-bond donors (Lipinski definition) is 1. The van der Waals surface area contributed by atoms with Crippen LogP contribution in [-0.4, -0.2) is 29.1 Å². The summed E-state index contributed by atoms with van der Waals surface area (Å²) in [5, 5.41) is 0. The van der Waals surface area contributed by atoms with Crippen LogP contribution in [0.3, 0.4) is 0 Å². The fourth-order valence-electron chi connectivity index (χ4n) is 1.14. The van der Waals surface area contributed by atoms with Gasteiger partial charge in [0.15, 0.2) is 0 Å². The van der Waals surface area contributed by atoms with Gasteiger partial charge in [0.1, 0.15) is 0 Å². The SMILES string of the molecule is NC1CN(c2ncc(I)cn2)C1. The van der Waals surface area contributed by atoms with Crippen molar-refractivity contribution in [1.82, 2.24) is 9.97 Å². The van der Waals surface area contributed by atoms with Crippen LogP contribution >= 0.6 is 22.6 Å². The van der Waals surface area contributed by atoms with E-state index in [9.17, 15) is 0 Å². The highest BCUT2D eigenvalue weighted by molar-refractivity contribution is 14.1. The van der Waals surface area contributed by atoms with Gasteiger partial charge in [-0.3, -0.25) is 0 Å². The number of nitrogens with zero attached hydrogens (tertiary/aromatic N) is 3. The molecule has 0 atom stereocenters. The van der Waals surface area contributed by atoms with Crippen LogP contribution in [0.2, 0.25) is 0 Å². The van der Waals surface area contributed by atoms with Crippen LogP contribution in [0.25, 0.3) is 0 Å². The number of nitrogens with two attached hydrogens (primary N) is 1. The molecule has 2 rings (SSSR count). The minimum atomic E-state index is 0.299. The van der Waals surface area contributed by atoms with E-state index in [0.29, 0.717) is 6.04 Å². The summed E-state index contributed by atoms with van der Waals surface area (Å²) in [4.78, 5) is 10.4. The van der Waals surface area contributed by atoms with Crippen molar-refractivity contribution in [1.29, 1.82) is 0 Å². The maximum Gasteiger partial charge on any atom is 0.225 e. The van der Waals surface area contributed by atoms with Crippen molar-refractivity contribution in [2.24, 2.45) is 5.73 Å². The molecule has 64 valence electrons. The zero-order valence-electron chi connectivity index (χ0n) is 6.44. The van der Waals surface area contributed by atoms with E-state index in [1.54, 1.807) is 0 Å². The standard InChI is InChI=1S/C7H9IN4/c8-5-1-10-7(11-2-5)12-3-6(9)4-12/h1-2,6H,3-4,9H2. The Labute approximate surface area is 84.3 Å². The normalized spacial score (nSPS) is 17.7. The van der Waals surface area contributed by atoms with E-state index >= 15 is 0 Å². The Bertz CT molecular complexity index is 267. The van der Waals surface area contributed by atoms with Gasteiger partial charge in [-0.05, 0) is 22.6 Å². The van der Waals surface area contributed by atoms with Crippen LogP contribution in [0, 0.1) is 3.57 Å². The van der Waals surface area contributed by atoms with E-state index in [2.05, 4.69) is 37.5 Å². The average molecular weight is 276 g/mol. The number of anilines is 1. The van der Waals surface area contributed by atoms with Gasteiger partial charge in [-0.1, -0.05) is 0 Å². The maximum absolute atomic E-state index is 5.64. The topological polar surface area (TPSA) is 55.0 Å². The van der Waals surface area contributed by atoms with Crippen LogP contribution in [-0.2, 0) is 0 Å². The van der Waals surface area contributed by atoms with Crippen molar-refractivity contribution in [3.05, 3.63) is 16.0 Å². The monoisotopic (exact) mass is 276 g/mol. The molecule has 1 fully saturated rings. The molecule has 1 aliphatic rings. The minimum absolute atomic E-state index is 0.299. The summed E-state index contributed by atoms with van der Waals surface area (Å²) in [6.07, 6.45) is 3.62. The van der Waals surface area contributed by atoms with E-state index < -0.39 is 0 Å². The minimum Gasteiger partial charge on any atom is -0.338 e. The summed E-state index contributed by atoms with van der Waals surface area (Å²) in [5.41, 5.74) is 5.64. The lowest BCUT2D eigenvalue weighted by Gasteiger charge is -2.36. The molecule has 1 aliphatic heterocycles. The van der Waals surface area contributed by atoms with Crippen LogP contribution in [0.15, 0.2) is 12.4 Å². The Morgan fingerprint density at radius 1 is 1.42 bits per heavy atom. The molecule has 0 aliphatic carbocycles. The molecule has 0 saturated carbocycles. The molecule has 0 spiro atoms. The number of rotatable bonds is 1. The fourth-order valence-corrected chi connectivity index (χ4v) is 1.42. The molecular weight excluding hydrogens is 267 g/mol. The summed E-state index contributed by atoms with van der Waals surface area (Å²) in [7, 11) is 0. The quantitative estimate of drug-likeness (QED) is 0.746. The Hall–Kier alpha value is -0.430. The number of aromatic nitrogens is 2. The molecule has 1 aromatic rings. The first-order valence-electron chi connectivity index (χ1n) is 3.74. The highest BCUT2D eigenvalue weighted by Crippen LogP contribution is 2.14. The van der Waals surface area contributed by atoms with Gasteiger partial charge in [-0.2, -0.15) is 0 Å². The Kier molecular flexibility index (Phi) is 2.14. The molecule has 2 heterocycles. The second-order valence-corrected chi connectivity index (χ2v) is 4.11. The predicted molar refractivity (Wildman–Crippen MR) is 54.9 cm³/mol. The predicted octanol–water partition coefficient (Wildman–Crippen LogP) is 0.228. The summed E-state index contributed by atoms with van der Waals surface area (Å²) in [5.74, 6) is 0.789. The maximum atomic E-state index is 5.64. The van der Waals surface area contributed by atoms with Crippen LogP contribution < -0.4 is 10.6 Å². The summed E-state index contributed by atoms with van der Waals surface area (Å²) >= 11 is 2.19. The van der Waals surface area contributed by atoms with Gasteiger partial charge in [-0.15, -0.1) is 0 Å². The van der Waals surface area contributed by atoms with E-state index in [4.69, 9.17) is 5.73 Å². The molecule has 0 aromatic carbocycles. The molecule has 1 saturated heterocycles. The second kappa shape index (κ2) is 3.14. The van der Waals surface area contributed by atoms with Crippen LogP contribution in [0.1, 0.15) is 0 Å². The van der Waals surface area contributed by atoms with Crippen molar-refractivity contribution in [2.75, 3.05) is 18.0 Å². The first-order chi connectivity index (χ1) is 5.75. The van der Waals surface area contributed by atoms with E-state index in [-0.39, 0.29) is 0 Å². The van der Waals surface area contributed by atoms with Crippen LogP contribution in [0.4, 0.5) is 5.95 Å². The van der Waals surface area contributed by atoms with Gasteiger partial charge in [0, 0.05) is 35.1 Å². The van der Waals surface area contributed by atoms with Crippen molar-refractivity contribution >= 4 is 28.5 Å². The van der Waals surface area contributed by atoms with Gasteiger partial charge < -0.3 is 10.6 Å². The average Bonchev–Trinajstić information content (AvgIpc) is 2.01. The molecule has 0 amide bonds. The smallest absolute Gasteiger partial charge is 0.225 e. The molecule has 0 unspecified atom stereocenters. The van der Waals surface area contributed by atoms with Gasteiger partial charge in [0.25, 0.3) is 0 Å². The van der Waals surface area contributed by atoms with Gasteiger partial charge in [0.2, 0.25) is 5.95 Å².